The third-order valence-corrected chi connectivity index (χ3v) is 0. The van der Waals surface area contributed by atoms with Gasteiger partial charge in [0.05, 0.1) is 0 Å². The molecule has 7 heteroatoms. The Morgan fingerprint density at radius 1 is 1.14 bits per heavy atom. The van der Waals surface area contributed by atoms with Gasteiger partial charge in [-0.25, -0.2) is 0 Å². The summed E-state index contributed by atoms with van der Waals surface area (Å²) in [5, 5.41) is 0. The first-order valence-electron chi connectivity index (χ1n) is 0.698. The first-order valence-corrected chi connectivity index (χ1v) is 2.10. The molecule has 0 fully saturated rings. The summed E-state index contributed by atoms with van der Waals surface area (Å²) in [6.45, 7) is 0. The minimum Gasteiger partial charge on any atom is -0.264 e. The number of halogens is 1. The highest BCUT2D eigenvalue weighted by atomic mass is 35.5. The Hall–Kier alpha value is 0.590. The average Bonchev–Trinajstić information content (AvgIpc) is 0.722. The fourth-order valence-corrected chi connectivity index (χ4v) is 0. The van der Waals surface area contributed by atoms with Crippen LogP contribution in [0.15, 0.2) is 0 Å². The third kappa shape index (κ3) is 399. The zero-order valence-electron chi connectivity index (χ0n) is 3.23. The highest BCUT2D eigenvalue weighted by molar-refractivity contribution is 7.79. The summed E-state index contributed by atoms with van der Waals surface area (Å²) in [6, 6.07) is 0. The van der Waals surface area contributed by atoms with Gasteiger partial charge in [0, 0.05) is 0 Å². The fourth-order valence-electron chi connectivity index (χ4n) is 0. The van der Waals surface area contributed by atoms with Crippen molar-refractivity contribution >= 4 is 32.7 Å². The lowest BCUT2D eigenvalue weighted by atomic mass is 15.8. The van der Waals surface area contributed by atoms with Gasteiger partial charge in [-0.3, -0.25) is 9.11 Å². The van der Waals surface area contributed by atoms with Crippen LogP contribution < -0.4 is 0 Å². The van der Waals surface area contributed by atoms with E-state index in [0.29, 0.717) is 0 Å². The Kier molecular flexibility index (Phi) is 10.6. The summed E-state index contributed by atoms with van der Waals surface area (Å²) in [4.78, 5) is 0. The predicted molar refractivity (Wildman–Crippen MR) is 32.5 cm³/mol. The summed E-state index contributed by atoms with van der Waals surface area (Å²) in [5.41, 5.74) is 0. The van der Waals surface area contributed by atoms with Crippen LogP contribution >= 0.6 is 22.3 Å². The summed E-state index contributed by atoms with van der Waals surface area (Å²) in [7, 11) is -4.67. The minimum absolute atomic E-state index is 0. The maximum atomic E-state index is 8.74. The van der Waals surface area contributed by atoms with Crippen LogP contribution in [0.4, 0.5) is 0 Å². The maximum absolute atomic E-state index is 8.74. The van der Waals surface area contributed by atoms with E-state index in [0.717, 1.165) is 0 Å². The average molecular weight is 169 g/mol. The van der Waals surface area contributed by atoms with Gasteiger partial charge in [-0.1, -0.05) is 0 Å². The van der Waals surface area contributed by atoms with Crippen LogP contribution in [0.25, 0.3) is 0 Å². The van der Waals surface area contributed by atoms with Crippen LogP contribution in [0, 0.1) is 0 Å². The van der Waals surface area contributed by atoms with E-state index < -0.39 is 10.4 Å². The van der Waals surface area contributed by atoms with E-state index in [9.17, 15) is 0 Å². The van der Waals surface area contributed by atoms with E-state index in [-0.39, 0.29) is 22.3 Å². The normalized spacial score (nSPS) is 8.29. The number of hydrogen-bond acceptors (Lipinski definition) is 2. The van der Waals surface area contributed by atoms with Gasteiger partial charge in [-0.05, 0) is 0 Å². The van der Waals surface area contributed by atoms with E-state index >= 15 is 0 Å². The molecular formula is H6ClO4PS. The van der Waals surface area contributed by atoms with Crippen LogP contribution in [0.5, 0.6) is 0 Å². The second-order valence-electron chi connectivity index (χ2n) is 0.448. The quantitative estimate of drug-likeness (QED) is 0.389. The van der Waals surface area contributed by atoms with E-state index in [1.807, 2.05) is 0 Å². The Morgan fingerprint density at radius 3 is 1.14 bits per heavy atom. The fraction of sp³-hybridized carbons (Fsp3) is 0. The minimum atomic E-state index is -4.67. The van der Waals surface area contributed by atoms with Crippen molar-refractivity contribution in [3.63, 3.8) is 0 Å². The van der Waals surface area contributed by atoms with Crippen molar-refractivity contribution in [1.29, 1.82) is 0 Å². The topological polar surface area (TPSA) is 74.6 Å². The molecule has 0 saturated heterocycles. The summed E-state index contributed by atoms with van der Waals surface area (Å²) >= 11 is 0. The molecule has 4 nitrogen and oxygen atoms in total. The van der Waals surface area contributed by atoms with Crippen molar-refractivity contribution in [2.45, 2.75) is 0 Å². The molecule has 0 saturated carbocycles. The SMILES string of the molecule is Cl.O=S(=O)(O)O.P. The second-order valence-corrected chi connectivity index (χ2v) is 1.34. The lowest BCUT2D eigenvalue weighted by Gasteiger charge is -1.68. The molecule has 0 amide bonds. The van der Waals surface area contributed by atoms with Gasteiger partial charge < -0.3 is 0 Å². The molecule has 2 N–H and O–H groups in total. The van der Waals surface area contributed by atoms with Gasteiger partial charge >= 0.3 is 10.4 Å². The summed E-state index contributed by atoms with van der Waals surface area (Å²) in [6.07, 6.45) is 0. The van der Waals surface area contributed by atoms with Crippen molar-refractivity contribution < 1.29 is 17.5 Å². The smallest absolute Gasteiger partial charge is 0.264 e. The highest BCUT2D eigenvalue weighted by Gasteiger charge is 1.84. The van der Waals surface area contributed by atoms with Gasteiger partial charge in [0.15, 0.2) is 0 Å². The Morgan fingerprint density at radius 2 is 1.14 bits per heavy atom. The van der Waals surface area contributed by atoms with Crippen LogP contribution in [0.3, 0.4) is 0 Å². The molecule has 1 atom stereocenters. The van der Waals surface area contributed by atoms with Crippen molar-refractivity contribution in [3.8, 4) is 0 Å². The first-order chi connectivity index (χ1) is 2.00. The molecule has 0 heterocycles. The highest BCUT2D eigenvalue weighted by Crippen LogP contribution is 1.59. The largest absolute Gasteiger partial charge is 0.394 e. The lowest BCUT2D eigenvalue weighted by Crippen LogP contribution is -1.89. The third-order valence-electron chi connectivity index (χ3n) is 0. The van der Waals surface area contributed by atoms with E-state index in [1.165, 1.54) is 0 Å². The molecule has 0 aromatic carbocycles. The zero-order chi connectivity index (χ0) is 4.50. The Labute approximate surface area is 50.9 Å². The van der Waals surface area contributed by atoms with Gasteiger partial charge in [-0.15, -0.1) is 12.4 Å². The summed E-state index contributed by atoms with van der Waals surface area (Å²) in [5.74, 6) is 0. The number of hydrogen-bond donors (Lipinski definition) is 2. The predicted octanol–water partition coefficient (Wildman–Crippen LogP) is -0.173. The molecule has 1 unspecified atom stereocenters. The molecular weight excluding hydrogens is 162 g/mol. The lowest BCUT2D eigenvalue weighted by molar-refractivity contribution is 0.381. The zero-order valence-corrected chi connectivity index (χ0v) is 6.28. The van der Waals surface area contributed by atoms with Crippen molar-refractivity contribution in [2.75, 3.05) is 0 Å². The van der Waals surface area contributed by atoms with Gasteiger partial charge in [-0.2, -0.15) is 18.3 Å². The molecule has 0 aromatic heterocycles. The molecule has 0 spiro atoms. The first kappa shape index (κ1) is 15.6. The Balaban J connectivity index is -0.0000000800. The molecule has 0 rings (SSSR count). The van der Waals surface area contributed by atoms with E-state index in [4.69, 9.17) is 17.5 Å². The van der Waals surface area contributed by atoms with E-state index in [1.54, 1.807) is 0 Å². The van der Waals surface area contributed by atoms with Crippen LogP contribution in [-0.2, 0) is 10.4 Å². The van der Waals surface area contributed by atoms with E-state index in [2.05, 4.69) is 0 Å². The molecule has 0 aromatic rings. The van der Waals surface area contributed by atoms with Crippen molar-refractivity contribution in [3.05, 3.63) is 0 Å². The standard InChI is InChI=1S/ClH.H2O4S.H3P/c;1-5(2,3)4;/h1H;(H2,1,2,3,4);1H3. The molecule has 0 aliphatic carbocycles. The second kappa shape index (κ2) is 4.74. The van der Waals surface area contributed by atoms with Crippen LogP contribution in [0.1, 0.15) is 0 Å². The molecule has 7 heavy (non-hydrogen) atoms. The molecule has 0 radical (unpaired) electrons. The Bertz CT molecular complexity index is 94.9. The molecule has 0 aliphatic heterocycles. The van der Waals surface area contributed by atoms with Gasteiger partial charge in [0.2, 0.25) is 0 Å². The van der Waals surface area contributed by atoms with Crippen LogP contribution in [0.2, 0.25) is 0 Å². The van der Waals surface area contributed by atoms with Gasteiger partial charge in [0.1, 0.15) is 0 Å². The maximum Gasteiger partial charge on any atom is 0.394 e. The van der Waals surface area contributed by atoms with Crippen molar-refractivity contribution in [1.82, 2.24) is 0 Å². The molecule has 48 valence electrons. The van der Waals surface area contributed by atoms with Crippen LogP contribution in [-0.4, -0.2) is 17.5 Å². The number of rotatable bonds is 0. The molecule has 0 bridgehead atoms. The monoisotopic (exact) mass is 168 g/mol. The van der Waals surface area contributed by atoms with Crippen molar-refractivity contribution in [2.24, 2.45) is 0 Å². The summed E-state index contributed by atoms with van der Waals surface area (Å²) < 4.78 is 31.6. The molecule has 0 aliphatic rings. The van der Waals surface area contributed by atoms with Gasteiger partial charge in [0.25, 0.3) is 0 Å².